The van der Waals surface area contributed by atoms with E-state index in [1.165, 1.54) is 6.42 Å². The molecule has 1 aromatic carbocycles. The van der Waals surface area contributed by atoms with Gasteiger partial charge < -0.3 is 15.0 Å². The molecule has 2 rings (SSSR count). The van der Waals surface area contributed by atoms with Gasteiger partial charge in [0, 0.05) is 17.6 Å². The van der Waals surface area contributed by atoms with E-state index in [4.69, 9.17) is 16.3 Å². The maximum Gasteiger partial charge on any atom is 0.260 e. The molecule has 1 aliphatic rings. The van der Waals surface area contributed by atoms with E-state index in [-0.39, 0.29) is 12.5 Å². The van der Waals surface area contributed by atoms with Crippen molar-refractivity contribution in [2.24, 2.45) is 5.92 Å². The zero-order valence-electron chi connectivity index (χ0n) is 12.1. The van der Waals surface area contributed by atoms with E-state index in [1.54, 1.807) is 12.1 Å². The first-order chi connectivity index (χ1) is 10.1. The van der Waals surface area contributed by atoms with Gasteiger partial charge in [-0.1, -0.05) is 27.5 Å². The molecule has 0 spiro atoms. The topological polar surface area (TPSA) is 41.6 Å². The molecule has 1 atom stereocenters. The number of rotatable bonds is 5. The van der Waals surface area contributed by atoms with Crippen LogP contribution in [0, 0.1) is 5.92 Å². The van der Waals surface area contributed by atoms with Crippen LogP contribution in [0.3, 0.4) is 0 Å². The van der Waals surface area contributed by atoms with E-state index in [0.29, 0.717) is 16.7 Å². The Balaban J connectivity index is 1.86. The summed E-state index contributed by atoms with van der Waals surface area (Å²) >= 11 is 9.41. The average Bonchev–Trinajstić information content (AvgIpc) is 2.47. The summed E-state index contributed by atoms with van der Waals surface area (Å²) in [6.45, 7) is 2.60. The molecule has 1 fully saturated rings. The van der Waals surface area contributed by atoms with Crippen LogP contribution in [0.5, 0.6) is 5.75 Å². The van der Waals surface area contributed by atoms with Crippen molar-refractivity contribution in [1.82, 2.24) is 10.2 Å². The lowest BCUT2D eigenvalue weighted by Crippen LogP contribution is -2.44. The quantitative estimate of drug-likeness (QED) is 0.860. The third kappa shape index (κ3) is 4.87. The van der Waals surface area contributed by atoms with Crippen LogP contribution < -0.4 is 10.1 Å². The number of benzene rings is 1. The lowest BCUT2D eigenvalue weighted by molar-refractivity contribution is -0.135. The van der Waals surface area contributed by atoms with Crippen molar-refractivity contribution in [1.29, 1.82) is 0 Å². The summed E-state index contributed by atoms with van der Waals surface area (Å²) in [5.41, 5.74) is 0. The molecule has 0 aromatic heterocycles. The van der Waals surface area contributed by atoms with Crippen molar-refractivity contribution in [2.75, 3.05) is 33.3 Å². The molecule has 1 N–H and O–H groups in total. The van der Waals surface area contributed by atoms with Gasteiger partial charge in [-0.25, -0.2) is 0 Å². The monoisotopic (exact) mass is 374 g/mol. The van der Waals surface area contributed by atoms with E-state index in [9.17, 15) is 4.79 Å². The molecule has 0 aliphatic carbocycles. The smallest absolute Gasteiger partial charge is 0.260 e. The number of likely N-dealkylation sites (tertiary alicyclic amines) is 1. The number of nitrogens with zero attached hydrogens (tertiary/aromatic N) is 1. The second kappa shape index (κ2) is 8.01. The summed E-state index contributed by atoms with van der Waals surface area (Å²) in [6, 6.07) is 5.36. The number of halogens is 2. The van der Waals surface area contributed by atoms with Crippen molar-refractivity contribution < 1.29 is 9.53 Å². The van der Waals surface area contributed by atoms with Crippen molar-refractivity contribution in [3.05, 3.63) is 27.7 Å². The molecule has 0 radical (unpaired) electrons. The molecule has 1 aliphatic heterocycles. The summed E-state index contributed by atoms with van der Waals surface area (Å²) in [4.78, 5) is 14.1. The van der Waals surface area contributed by atoms with E-state index in [0.717, 1.165) is 30.5 Å². The summed E-state index contributed by atoms with van der Waals surface area (Å²) in [5, 5.41) is 3.68. The highest BCUT2D eigenvalue weighted by atomic mass is 79.9. The molecular weight excluding hydrogens is 356 g/mol. The average molecular weight is 376 g/mol. The van der Waals surface area contributed by atoms with Gasteiger partial charge in [0.25, 0.3) is 5.91 Å². The van der Waals surface area contributed by atoms with Crippen LogP contribution in [0.1, 0.15) is 12.8 Å². The summed E-state index contributed by atoms with van der Waals surface area (Å²) in [5.74, 6) is 1.09. The first-order valence-electron chi connectivity index (χ1n) is 7.10. The van der Waals surface area contributed by atoms with Crippen LogP contribution in [-0.2, 0) is 4.79 Å². The molecule has 0 saturated carbocycles. The molecule has 21 heavy (non-hydrogen) atoms. The van der Waals surface area contributed by atoms with E-state index >= 15 is 0 Å². The highest BCUT2D eigenvalue weighted by molar-refractivity contribution is 9.10. The molecular formula is C15H20BrClN2O2. The maximum absolute atomic E-state index is 12.2. The molecule has 1 saturated heterocycles. The summed E-state index contributed by atoms with van der Waals surface area (Å²) in [7, 11) is 1.94. The Morgan fingerprint density at radius 3 is 3.10 bits per heavy atom. The Morgan fingerprint density at radius 2 is 2.38 bits per heavy atom. The second-order valence-corrected chi connectivity index (χ2v) is 6.59. The van der Waals surface area contributed by atoms with Crippen LogP contribution in [0.15, 0.2) is 22.7 Å². The molecule has 116 valence electrons. The minimum atomic E-state index is 0.0230. The van der Waals surface area contributed by atoms with E-state index in [2.05, 4.69) is 21.2 Å². The second-order valence-electron chi connectivity index (χ2n) is 5.27. The number of carbonyl (C=O) groups excluding carboxylic acids is 1. The Morgan fingerprint density at radius 1 is 1.57 bits per heavy atom. The van der Waals surface area contributed by atoms with Gasteiger partial charge in [0.2, 0.25) is 0 Å². The Labute approximate surface area is 138 Å². The highest BCUT2D eigenvalue weighted by Gasteiger charge is 2.23. The zero-order chi connectivity index (χ0) is 15.2. The minimum absolute atomic E-state index is 0.0230. The molecule has 6 heteroatoms. The third-order valence-electron chi connectivity index (χ3n) is 3.61. The van der Waals surface area contributed by atoms with Crippen LogP contribution in [0.2, 0.25) is 5.02 Å². The summed E-state index contributed by atoms with van der Waals surface area (Å²) in [6.07, 6.45) is 2.22. The standard InChI is InChI=1S/C15H20BrClN2O2/c1-18-8-11-3-2-6-19(9-11)15(20)10-21-14-5-4-12(16)7-13(14)17/h4-5,7,11,18H,2-3,6,8-10H2,1H3/t11-/m0/s1. The number of nitrogens with one attached hydrogen (secondary N) is 1. The third-order valence-corrected chi connectivity index (χ3v) is 4.40. The van der Waals surface area contributed by atoms with Gasteiger partial charge in [-0.3, -0.25) is 4.79 Å². The van der Waals surface area contributed by atoms with E-state index < -0.39 is 0 Å². The largest absolute Gasteiger partial charge is 0.482 e. The molecule has 0 bridgehead atoms. The fourth-order valence-electron chi connectivity index (χ4n) is 2.57. The fraction of sp³-hybridized carbons (Fsp3) is 0.533. The minimum Gasteiger partial charge on any atom is -0.482 e. The van der Waals surface area contributed by atoms with Gasteiger partial charge in [0.05, 0.1) is 5.02 Å². The van der Waals surface area contributed by atoms with Crippen molar-refractivity contribution in [2.45, 2.75) is 12.8 Å². The number of carbonyl (C=O) groups is 1. The Hall–Kier alpha value is -0.780. The summed E-state index contributed by atoms with van der Waals surface area (Å²) < 4.78 is 6.43. The van der Waals surface area contributed by atoms with Gasteiger partial charge in [0.1, 0.15) is 5.75 Å². The predicted octanol–water partition coefficient (Wildman–Crippen LogP) is 2.94. The normalized spacial score (nSPS) is 18.6. The van der Waals surface area contributed by atoms with Gasteiger partial charge in [-0.2, -0.15) is 0 Å². The van der Waals surface area contributed by atoms with Crippen molar-refractivity contribution in [3.8, 4) is 5.75 Å². The van der Waals surface area contributed by atoms with Crippen molar-refractivity contribution in [3.63, 3.8) is 0 Å². The fourth-order valence-corrected chi connectivity index (χ4v) is 3.30. The molecule has 1 heterocycles. The Kier molecular flexibility index (Phi) is 6.33. The lowest BCUT2D eigenvalue weighted by Gasteiger charge is -2.32. The van der Waals surface area contributed by atoms with Gasteiger partial charge in [-0.05, 0) is 50.6 Å². The van der Waals surface area contributed by atoms with Gasteiger partial charge >= 0.3 is 0 Å². The number of hydrogen-bond donors (Lipinski definition) is 1. The van der Waals surface area contributed by atoms with E-state index in [1.807, 2.05) is 18.0 Å². The number of amides is 1. The maximum atomic E-state index is 12.2. The van der Waals surface area contributed by atoms with Crippen LogP contribution in [-0.4, -0.2) is 44.1 Å². The van der Waals surface area contributed by atoms with Gasteiger partial charge in [0.15, 0.2) is 6.61 Å². The molecule has 4 nitrogen and oxygen atoms in total. The Bertz CT molecular complexity index is 497. The molecule has 0 unspecified atom stereocenters. The SMILES string of the molecule is CNC[C@@H]1CCCN(C(=O)COc2ccc(Br)cc2Cl)C1. The number of hydrogen-bond acceptors (Lipinski definition) is 3. The van der Waals surface area contributed by atoms with Crippen LogP contribution in [0.25, 0.3) is 0 Å². The number of ether oxygens (including phenoxy) is 1. The predicted molar refractivity (Wildman–Crippen MR) is 87.9 cm³/mol. The first-order valence-corrected chi connectivity index (χ1v) is 8.27. The molecule has 1 amide bonds. The highest BCUT2D eigenvalue weighted by Crippen LogP contribution is 2.27. The molecule has 1 aromatic rings. The van der Waals surface area contributed by atoms with Crippen LogP contribution in [0.4, 0.5) is 0 Å². The lowest BCUT2D eigenvalue weighted by atomic mass is 9.98. The van der Waals surface area contributed by atoms with Crippen molar-refractivity contribution >= 4 is 33.4 Å². The number of piperidine rings is 1. The zero-order valence-corrected chi connectivity index (χ0v) is 14.4. The van der Waals surface area contributed by atoms with Gasteiger partial charge in [-0.15, -0.1) is 0 Å². The first kappa shape index (κ1) is 16.6. The van der Waals surface area contributed by atoms with Crippen LogP contribution >= 0.6 is 27.5 Å².